The fourth-order valence-corrected chi connectivity index (χ4v) is 4.76. The molecule has 1 aromatic rings. The molecule has 0 spiro atoms. The maximum atomic E-state index is 12.9. The molecule has 0 saturated carbocycles. The Morgan fingerprint density at radius 2 is 1.77 bits per heavy atom. The molecule has 1 aromatic carbocycles. The Hall–Kier alpha value is -3.76. The number of benzene rings is 1. The van der Waals surface area contributed by atoms with Crippen molar-refractivity contribution in [2.24, 2.45) is 5.92 Å². The van der Waals surface area contributed by atoms with Gasteiger partial charge in [0.2, 0.25) is 11.8 Å². The van der Waals surface area contributed by atoms with Crippen LogP contribution in [0.2, 0.25) is 0 Å². The van der Waals surface area contributed by atoms with Gasteiger partial charge in [0.15, 0.2) is 0 Å². The summed E-state index contributed by atoms with van der Waals surface area (Å²) in [6, 6.07) is 3.83. The van der Waals surface area contributed by atoms with Crippen LogP contribution in [-0.2, 0) is 25.5 Å². The number of urea groups is 1. The van der Waals surface area contributed by atoms with Gasteiger partial charge in [-0.25, -0.2) is 4.79 Å². The van der Waals surface area contributed by atoms with Crippen molar-refractivity contribution < 1.29 is 33.5 Å². The third-order valence-corrected chi connectivity index (χ3v) is 6.74. The normalized spacial score (nSPS) is 20.5. The van der Waals surface area contributed by atoms with E-state index in [9.17, 15) is 28.8 Å². The molecule has 6 amide bonds. The summed E-state index contributed by atoms with van der Waals surface area (Å²) in [6.45, 7) is 1.43. The first-order chi connectivity index (χ1) is 16.8. The number of nitrogens with one attached hydrogen (secondary N) is 2. The monoisotopic (exact) mass is 484 g/mol. The van der Waals surface area contributed by atoms with E-state index in [0.717, 1.165) is 10.5 Å². The zero-order valence-corrected chi connectivity index (χ0v) is 19.5. The number of rotatable bonds is 6. The number of aryl methyl sites for hydroxylation is 1. The standard InChI is InChI=1S/C24H28N4O7/c1-35-23(33)15-8-11-27(12-9-15)24(34)25-10-2-3-14-4-5-16-17(13-14)22(32)28(21(16)31)18-6-7-19(29)26-20(18)30/h4-5,13,15,18H,2-3,6-12H2,1H3,(H,25,34)(H,26,29,30). The third kappa shape index (κ3) is 5.03. The number of esters is 1. The number of methoxy groups -OCH3 is 1. The number of carbonyl (C=O) groups is 6. The van der Waals surface area contributed by atoms with Gasteiger partial charge in [0, 0.05) is 26.1 Å². The lowest BCUT2D eigenvalue weighted by molar-refractivity contribution is -0.146. The molecule has 35 heavy (non-hydrogen) atoms. The zero-order valence-electron chi connectivity index (χ0n) is 19.5. The van der Waals surface area contributed by atoms with Crippen LogP contribution in [0, 0.1) is 5.92 Å². The Morgan fingerprint density at radius 1 is 1.06 bits per heavy atom. The number of hydrogen-bond donors (Lipinski definition) is 2. The first kappa shape index (κ1) is 24.4. The summed E-state index contributed by atoms with van der Waals surface area (Å²) in [4.78, 5) is 75.9. The van der Waals surface area contributed by atoms with Crippen molar-refractivity contribution in [2.75, 3.05) is 26.7 Å². The smallest absolute Gasteiger partial charge is 0.317 e. The largest absolute Gasteiger partial charge is 0.469 e. The minimum absolute atomic E-state index is 0.0735. The predicted octanol–water partition coefficient (Wildman–Crippen LogP) is 0.615. The van der Waals surface area contributed by atoms with Crippen molar-refractivity contribution in [1.82, 2.24) is 20.4 Å². The summed E-state index contributed by atoms with van der Waals surface area (Å²) in [5.41, 5.74) is 1.32. The first-order valence-corrected chi connectivity index (χ1v) is 11.7. The molecule has 0 bridgehead atoms. The van der Waals surface area contributed by atoms with Crippen LogP contribution in [0.15, 0.2) is 18.2 Å². The van der Waals surface area contributed by atoms with Crippen molar-refractivity contribution in [2.45, 2.75) is 44.6 Å². The number of fused-ring (bicyclic) bond motifs is 1. The molecule has 4 rings (SSSR count). The fourth-order valence-electron chi connectivity index (χ4n) is 4.76. The Bertz CT molecular complexity index is 1080. The Balaban J connectivity index is 1.27. The van der Waals surface area contributed by atoms with E-state index in [-0.39, 0.29) is 41.9 Å². The number of nitrogens with zero attached hydrogens (tertiary/aromatic N) is 2. The minimum Gasteiger partial charge on any atom is -0.469 e. The molecular weight excluding hydrogens is 456 g/mol. The molecule has 2 saturated heterocycles. The van der Waals surface area contributed by atoms with Gasteiger partial charge in [-0.3, -0.25) is 34.2 Å². The highest BCUT2D eigenvalue weighted by Gasteiger charge is 2.44. The van der Waals surface area contributed by atoms with Crippen LogP contribution < -0.4 is 10.6 Å². The Kier molecular flexibility index (Phi) is 7.13. The molecule has 0 radical (unpaired) electrons. The Labute approximate surface area is 202 Å². The van der Waals surface area contributed by atoms with Gasteiger partial charge in [-0.1, -0.05) is 6.07 Å². The number of likely N-dealkylation sites (tertiary alicyclic amines) is 1. The maximum Gasteiger partial charge on any atom is 0.317 e. The van der Waals surface area contributed by atoms with Gasteiger partial charge >= 0.3 is 12.0 Å². The predicted molar refractivity (Wildman–Crippen MR) is 121 cm³/mol. The van der Waals surface area contributed by atoms with E-state index in [1.807, 2.05) is 0 Å². The number of amides is 6. The van der Waals surface area contributed by atoms with Gasteiger partial charge < -0.3 is 15.0 Å². The number of ether oxygens (including phenoxy) is 1. The summed E-state index contributed by atoms with van der Waals surface area (Å²) < 4.78 is 4.76. The summed E-state index contributed by atoms with van der Waals surface area (Å²) in [7, 11) is 1.37. The zero-order chi connectivity index (χ0) is 25.1. The second kappa shape index (κ2) is 10.2. The van der Waals surface area contributed by atoms with Crippen molar-refractivity contribution in [3.05, 3.63) is 34.9 Å². The van der Waals surface area contributed by atoms with Crippen molar-refractivity contribution in [3.8, 4) is 0 Å². The number of hydrogen-bond acceptors (Lipinski definition) is 7. The van der Waals surface area contributed by atoms with Crippen molar-refractivity contribution >= 4 is 35.6 Å². The van der Waals surface area contributed by atoms with E-state index in [2.05, 4.69) is 10.6 Å². The second-order valence-electron chi connectivity index (χ2n) is 8.95. The third-order valence-electron chi connectivity index (χ3n) is 6.74. The van der Waals surface area contributed by atoms with E-state index in [4.69, 9.17) is 4.74 Å². The number of carbonyl (C=O) groups excluding carboxylic acids is 6. The number of piperidine rings is 2. The van der Waals surface area contributed by atoms with E-state index >= 15 is 0 Å². The van der Waals surface area contributed by atoms with Gasteiger partial charge in [0.05, 0.1) is 24.2 Å². The van der Waals surface area contributed by atoms with Gasteiger partial charge in [-0.2, -0.15) is 0 Å². The minimum atomic E-state index is -0.989. The van der Waals surface area contributed by atoms with Gasteiger partial charge in [-0.15, -0.1) is 0 Å². The lowest BCUT2D eigenvalue weighted by Gasteiger charge is -2.30. The molecule has 2 fully saturated rings. The highest BCUT2D eigenvalue weighted by atomic mass is 16.5. The SMILES string of the molecule is COC(=O)C1CCN(C(=O)NCCCc2ccc3c(c2)C(=O)N(C2CCC(=O)NC2=O)C3=O)CC1. The molecule has 1 unspecified atom stereocenters. The lowest BCUT2D eigenvalue weighted by Crippen LogP contribution is -2.54. The molecule has 3 aliphatic heterocycles. The van der Waals surface area contributed by atoms with Crippen LogP contribution in [0.1, 0.15) is 58.4 Å². The molecule has 3 aliphatic rings. The summed E-state index contributed by atoms with van der Waals surface area (Å²) >= 11 is 0. The molecule has 1 atom stereocenters. The van der Waals surface area contributed by atoms with E-state index in [0.29, 0.717) is 45.3 Å². The van der Waals surface area contributed by atoms with Crippen molar-refractivity contribution in [1.29, 1.82) is 0 Å². The average Bonchev–Trinajstić information content (AvgIpc) is 3.10. The van der Waals surface area contributed by atoms with E-state index in [1.165, 1.54) is 7.11 Å². The average molecular weight is 485 g/mol. The quantitative estimate of drug-likeness (QED) is 0.342. The molecule has 186 valence electrons. The van der Waals surface area contributed by atoms with Gasteiger partial charge in [-0.05, 0) is 49.8 Å². The van der Waals surface area contributed by atoms with Crippen LogP contribution in [-0.4, -0.2) is 78.2 Å². The molecular formula is C24H28N4O7. The molecule has 0 aliphatic carbocycles. The summed E-state index contributed by atoms with van der Waals surface area (Å²) in [5.74, 6) is -2.52. The summed E-state index contributed by atoms with van der Waals surface area (Å²) in [6.07, 6.45) is 2.56. The van der Waals surface area contributed by atoms with E-state index < -0.39 is 29.7 Å². The van der Waals surface area contributed by atoms with Crippen LogP contribution in [0.25, 0.3) is 0 Å². The molecule has 2 N–H and O–H groups in total. The highest BCUT2D eigenvalue weighted by Crippen LogP contribution is 2.28. The molecule has 11 heteroatoms. The van der Waals surface area contributed by atoms with Crippen LogP contribution in [0.4, 0.5) is 4.79 Å². The molecule has 3 heterocycles. The fraction of sp³-hybridized carbons (Fsp3) is 0.500. The van der Waals surface area contributed by atoms with E-state index in [1.54, 1.807) is 23.1 Å². The topological polar surface area (TPSA) is 142 Å². The molecule has 0 aromatic heterocycles. The van der Waals surface area contributed by atoms with Gasteiger partial charge in [0.25, 0.3) is 11.8 Å². The summed E-state index contributed by atoms with van der Waals surface area (Å²) in [5, 5.41) is 5.06. The van der Waals surface area contributed by atoms with Crippen molar-refractivity contribution in [3.63, 3.8) is 0 Å². The highest BCUT2D eigenvalue weighted by molar-refractivity contribution is 6.23. The number of imide groups is 2. The van der Waals surface area contributed by atoms with Crippen LogP contribution in [0.5, 0.6) is 0 Å². The lowest BCUT2D eigenvalue weighted by atomic mass is 9.97. The van der Waals surface area contributed by atoms with Gasteiger partial charge in [0.1, 0.15) is 6.04 Å². The maximum absolute atomic E-state index is 12.9. The second-order valence-corrected chi connectivity index (χ2v) is 8.95. The molecule has 11 nitrogen and oxygen atoms in total. The van der Waals surface area contributed by atoms with Crippen LogP contribution in [0.3, 0.4) is 0 Å². The first-order valence-electron chi connectivity index (χ1n) is 11.7. The van der Waals surface area contributed by atoms with Crippen LogP contribution >= 0.6 is 0 Å². The Morgan fingerprint density at radius 3 is 2.46 bits per heavy atom.